The molecular formula is C41H60Cl2F3N7O7. The highest BCUT2D eigenvalue weighted by molar-refractivity contribution is 6.33. The van der Waals surface area contributed by atoms with Gasteiger partial charge in [-0.25, -0.2) is 0 Å². The molecule has 0 bridgehead atoms. The van der Waals surface area contributed by atoms with Gasteiger partial charge in [-0.1, -0.05) is 57.3 Å². The first-order chi connectivity index (χ1) is 27.9. The van der Waals surface area contributed by atoms with Crippen molar-refractivity contribution < 1.29 is 46.7 Å². The second-order valence-corrected chi connectivity index (χ2v) is 17.6. The van der Waals surface area contributed by atoms with Gasteiger partial charge in [-0.2, -0.15) is 13.2 Å². The fraction of sp³-hybridized carbons (Fsp3) is 0.683. The van der Waals surface area contributed by atoms with Crippen molar-refractivity contribution in [2.75, 3.05) is 20.6 Å². The van der Waals surface area contributed by atoms with E-state index in [1.807, 2.05) is 13.8 Å². The zero-order chi connectivity index (χ0) is 45.3. The van der Waals surface area contributed by atoms with Gasteiger partial charge in [-0.05, 0) is 94.9 Å². The Kier molecular flexibility index (Phi) is 17.7. The standard InChI is InChI=1S/C41H60Cl2F3N7O7/c1-9-27(50-38(60)40(17-13-18-40)41(44,45)46)32(54)48-28(10-2)35(57)52(7)30-14-11-12-19-47-37(59)39(5,6)51-34(56)31(22-24-21-25(42)15-16-26(24)43)53(8)36(58)29(20-23(3)4)49-33(30)55/h15-16,21,23,27-31H,9-14,17-20,22H2,1-8H3,(H,47,59)(H,48,54)(H,49,55)(H,50,60)(H,51,56)/t27-,28-,29-,30-,31-/m0/s1. The van der Waals surface area contributed by atoms with Crippen LogP contribution in [-0.2, 0) is 40.0 Å². The SMILES string of the molecule is CC[C@H](NC(=O)C1(C(F)(F)F)CCC1)C(=O)N[C@@H](CC)C(=O)N(C)[C@H]1CCCCNC(=O)C(C)(C)NC(=O)[C@H](Cc2cc(Cl)ccc2Cl)N(C)C(=O)[C@H](CC(C)C)NC1=O. The van der Waals surface area contributed by atoms with Crippen LogP contribution in [0, 0.1) is 11.3 Å². The van der Waals surface area contributed by atoms with Crippen LogP contribution in [0.5, 0.6) is 0 Å². The molecule has 3 rings (SSSR count). The number of benzene rings is 1. The van der Waals surface area contributed by atoms with Crippen molar-refractivity contribution in [2.45, 2.75) is 148 Å². The van der Waals surface area contributed by atoms with E-state index in [1.165, 1.54) is 39.8 Å². The molecule has 0 spiro atoms. The summed E-state index contributed by atoms with van der Waals surface area (Å²) in [5.41, 5.74) is -3.53. The molecule has 1 aromatic carbocycles. The first-order valence-corrected chi connectivity index (χ1v) is 21.2. The molecule has 7 amide bonds. The number of carbonyl (C=O) groups excluding carboxylic acids is 7. The molecule has 1 saturated heterocycles. The monoisotopic (exact) mass is 889 g/mol. The lowest BCUT2D eigenvalue weighted by atomic mass is 9.67. The number of carbonyl (C=O) groups is 7. The molecule has 1 aromatic rings. The zero-order valence-electron chi connectivity index (χ0n) is 35.6. The van der Waals surface area contributed by atoms with E-state index in [0.717, 1.165) is 4.90 Å². The Labute approximate surface area is 360 Å². The summed E-state index contributed by atoms with van der Waals surface area (Å²) in [5.74, 6) is -5.45. The Morgan fingerprint density at radius 2 is 1.60 bits per heavy atom. The minimum absolute atomic E-state index is 0.0291. The molecule has 336 valence electrons. The molecule has 60 heavy (non-hydrogen) atoms. The molecule has 2 fully saturated rings. The summed E-state index contributed by atoms with van der Waals surface area (Å²) in [6.45, 7) is 10.0. The van der Waals surface area contributed by atoms with E-state index >= 15 is 0 Å². The van der Waals surface area contributed by atoms with Gasteiger partial charge in [0.1, 0.15) is 41.2 Å². The average Bonchev–Trinajstić information content (AvgIpc) is 3.14. The molecule has 5 N–H and O–H groups in total. The predicted molar refractivity (Wildman–Crippen MR) is 221 cm³/mol. The normalized spacial score (nSPS) is 22.7. The third-order valence-electron chi connectivity index (χ3n) is 11.4. The first-order valence-electron chi connectivity index (χ1n) is 20.5. The molecule has 0 aromatic heterocycles. The Hall–Kier alpha value is -4.12. The van der Waals surface area contributed by atoms with E-state index in [1.54, 1.807) is 25.1 Å². The highest BCUT2D eigenvalue weighted by Gasteiger charge is 2.63. The molecule has 1 saturated carbocycles. The number of hydrogen-bond acceptors (Lipinski definition) is 7. The maximum atomic E-state index is 14.4. The summed E-state index contributed by atoms with van der Waals surface area (Å²) in [5, 5.41) is 13.8. The molecule has 14 nitrogen and oxygen atoms in total. The topological polar surface area (TPSA) is 186 Å². The van der Waals surface area contributed by atoms with E-state index in [9.17, 15) is 46.7 Å². The Morgan fingerprint density at radius 1 is 0.967 bits per heavy atom. The number of nitrogens with zero attached hydrogens (tertiary/aromatic N) is 2. The lowest BCUT2D eigenvalue weighted by Crippen LogP contribution is -2.62. The van der Waals surface area contributed by atoms with Gasteiger partial charge < -0.3 is 36.4 Å². The fourth-order valence-electron chi connectivity index (χ4n) is 7.34. The molecule has 1 aliphatic heterocycles. The van der Waals surface area contributed by atoms with Gasteiger partial charge in [-0.15, -0.1) is 0 Å². The molecule has 0 radical (unpaired) electrons. The minimum Gasteiger partial charge on any atom is -0.354 e. The first kappa shape index (κ1) is 50.2. The average molecular weight is 891 g/mol. The van der Waals surface area contributed by atoms with Gasteiger partial charge in [0.15, 0.2) is 0 Å². The second kappa shape index (κ2) is 21.1. The minimum atomic E-state index is -4.79. The smallest absolute Gasteiger partial charge is 0.354 e. The third kappa shape index (κ3) is 12.3. The van der Waals surface area contributed by atoms with Gasteiger partial charge >= 0.3 is 6.18 Å². The van der Waals surface area contributed by atoms with Crippen molar-refractivity contribution in [3.63, 3.8) is 0 Å². The largest absolute Gasteiger partial charge is 0.403 e. The third-order valence-corrected chi connectivity index (χ3v) is 12.0. The van der Waals surface area contributed by atoms with Gasteiger partial charge in [0.25, 0.3) is 0 Å². The van der Waals surface area contributed by atoms with Crippen molar-refractivity contribution in [1.82, 2.24) is 36.4 Å². The quantitative estimate of drug-likeness (QED) is 0.206. The molecule has 5 atom stereocenters. The van der Waals surface area contributed by atoms with Crippen LogP contribution in [-0.4, -0.2) is 114 Å². The highest BCUT2D eigenvalue weighted by atomic mass is 35.5. The molecular weight excluding hydrogens is 830 g/mol. The fourth-order valence-corrected chi connectivity index (χ4v) is 7.73. The van der Waals surface area contributed by atoms with Gasteiger partial charge in [0, 0.05) is 37.1 Å². The number of likely N-dealkylation sites (N-methyl/N-ethyl adjacent to an activating group) is 2. The second-order valence-electron chi connectivity index (χ2n) is 16.8. The Bertz CT molecular complexity index is 1760. The van der Waals surface area contributed by atoms with E-state index in [2.05, 4.69) is 26.6 Å². The Balaban J connectivity index is 1.94. The lowest BCUT2D eigenvalue weighted by molar-refractivity contribution is -0.243. The molecule has 1 heterocycles. The van der Waals surface area contributed by atoms with E-state index < -0.39 is 88.7 Å². The van der Waals surface area contributed by atoms with Crippen LogP contribution in [0.3, 0.4) is 0 Å². The molecule has 2 aliphatic rings. The predicted octanol–water partition coefficient (Wildman–Crippen LogP) is 4.44. The van der Waals surface area contributed by atoms with Crippen LogP contribution < -0.4 is 26.6 Å². The number of halogens is 5. The number of rotatable bonds is 12. The molecule has 19 heteroatoms. The lowest BCUT2D eigenvalue weighted by Gasteiger charge is -2.42. The molecule has 1 aliphatic carbocycles. The highest BCUT2D eigenvalue weighted by Crippen LogP contribution is 2.53. The zero-order valence-corrected chi connectivity index (χ0v) is 37.1. The van der Waals surface area contributed by atoms with Crippen molar-refractivity contribution in [1.29, 1.82) is 0 Å². The number of nitrogens with one attached hydrogen (secondary N) is 5. The van der Waals surface area contributed by atoms with Crippen molar-refractivity contribution in [3.8, 4) is 0 Å². The van der Waals surface area contributed by atoms with E-state index in [4.69, 9.17) is 23.2 Å². The summed E-state index contributed by atoms with van der Waals surface area (Å²) < 4.78 is 41.6. The van der Waals surface area contributed by atoms with Crippen molar-refractivity contribution in [3.05, 3.63) is 33.8 Å². The number of alkyl halides is 3. The van der Waals surface area contributed by atoms with Crippen LogP contribution in [0.2, 0.25) is 10.0 Å². The summed E-state index contributed by atoms with van der Waals surface area (Å²) in [7, 11) is 2.77. The van der Waals surface area contributed by atoms with Gasteiger partial charge in [0.05, 0.1) is 0 Å². The molecule has 0 unspecified atom stereocenters. The summed E-state index contributed by atoms with van der Waals surface area (Å²) in [6.07, 6.45) is -4.56. The maximum absolute atomic E-state index is 14.4. The van der Waals surface area contributed by atoms with E-state index in [0.29, 0.717) is 28.5 Å². The van der Waals surface area contributed by atoms with Crippen LogP contribution >= 0.6 is 23.2 Å². The van der Waals surface area contributed by atoms with E-state index in [-0.39, 0.29) is 63.8 Å². The summed E-state index contributed by atoms with van der Waals surface area (Å²) in [6, 6.07) is -1.48. The van der Waals surface area contributed by atoms with Crippen LogP contribution in [0.25, 0.3) is 0 Å². The van der Waals surface area contributed by atoms with Crippen LogP contribution in [0.1, 0.15) is 105 Å². The Morgan fingerprint density at radius 3 is 2.15 bits per heavy atom. The van der Waals surface area contributed by atoms with Crippen LogP contribution in [0.15, 0.2) is 18.2 Å². The summed E-state index contributed by atoms with van der Waals surface area (Å²) >= 11 is 12.7. The van der Waals surface area contributed by atoms with Crippen molar-refractivity contribution >= 4 is 64.6 Å². The summed E-state index contributed by atoms with van der Waals surface area (Å²) in [4.78, 5) is 98.8. The number of hydrogen-bond donors (Lipinski definition) is 5. The van der Waals surface area contributed by atoms with Gasteiger partial charge in [0.2, 0.25) is 41.4 Å². The van der Waals surface area contributed by atoms with Crippen LogP contribution in [0.4, 0.5) is 13.2 Å². The van der Waals surface area contributed by atoms with Crippen molar-refractivity contribution in [2.24, 2.45) is 11.3 Å². The maximum Gasteiger partial charge on any atom is 0.403 e. The van der Waals surface area contributed by atoms with Gasteiger partial charge in [-0.3, -0.25) is 33.6 Å². The number of amides is 7.